The van der Waals surface area contributed by atoms with Gasteiger partial charge in [-0.3, -0.25) is 4.90 Å². The van der Waals surface area contributed by atoms with Crippen molar-refractivity contribution in [3.8, 4) is 11.3 Å². The van der Waals surface area contributed by atoms with Gasteiger partial charge in [-0.05, 0) is 30.2 Å². The monoisotopic (exact) mass is 423 g/mol. The molecule has 0 unspecified atom stereocenters. The second-order valence-electron chi connectivity index (χ2n) is 6.81. The Morgan fingerprint density at radius 2 is 1.75 bits per heavy atom. The maximum absolute atomic E-state index is 13.9. The first-order valence-electron chi connectivity index (χ1n) is 8.91. The number of hydrogen-bond donors (Lipinski definition) is 1. The summed E-state index contributed by atoms with van der Waals surface area (Å²) in [6.45, 7) is 3.09. The van der Waals surface area contributed by atoms with Crippen molar-refractivity contribution in [2.45, 2.75) is 12.5 Å². The van der Waals surface area contributed by atoms with Crippen LogP contribution in [0.25, 0.3) is 11.3 Å². The summed E-state index contributed by atoms with van der Waals surface area (Å²) in [5.41, 5.74) is 7.77. The van der Waals surface area contributed by atoms with Gasteiger partial charge in [0, 0.05) is 19.0 Å². The van der Waals surface area contributed by atoms with E-state index in [2.05, 4.69) is 34.1 Å². The zero-order valence-electron chi connectivity index (χ0n) is 15.3. The summed E-state index contributed by atoms with van der Waals surface area (Å²) in [6.07, 6.45) is 1.60. The maximum atomic E-state index is 13.9. The molecule has 7 heteroatoms. The van der Waals surface area contributed by atoms with Gasteiger partial charge in [-0.2, -0.15) is 0 Å². The van der Waals surface area contributed by atoms with Crippen molar-refractivity contribution in [1.82, 2.24) is 9.88 Å². The van der Waals surface area contributed by atoms with E-state index in [0.29, 0.717) is 42.1 Å². The molecule has 28 heavy (non-hydrogen) atoms. The van der Waals surface area contributed by atoms with Crippen LogP contribution in [0.4, 0.5) is 4.39 Å². The lowest BCUT2D eigenvalue weighted by Gasteiger charge is -2.16. The van der Waals surface area contributed by atoms with Crippen molar-refractivity contribution in [1.29, 1.82) is 0 Å². The average molecular weight is 424 g/mol. The van der Waals surface area contributed by atoms with Crippen LogP contribution >= 0.6 is 24.8 Å². The van der Waals surface area contributed by atoms with E-state index in [-0.39, 0.29) is 30.6 Å². The van der Waals surface area contributed by atoms with Gasteiger partial charge in [0.25, 0.3) is 0 Å². The van der Waals surface area contributed by atoms with Crippen LogP contribution in [0.5, 0.6) is 0 Å². The molecule has 1 fully saturated rings. The molecule has 1 saturated heterocycles. The molecule has 0 saturated carbocycles. The Morgan fingerprint density at radius 3 is 2.46 bits per heavy atom. The van der Waals surface area contributed by atoms with E-state index in [1.807, 2.05) is 6.07 Å². The molecule has 0 aliphatic carbocycles. The van der Waals surface area contributed by atoms with Crippen LogP contribution in [0, 0.1) is 11.7 Å². The average Bonchev–Trinajstić information content (AvgIpc) is 3.30. The van der Waals surface area contributed by atoms with Gasteiger partial charge in [0.2, 0.25) is 5.89 Å². The number of nitrogens with two attached hydrogens (primary N) is 1. The third kappa shape index (κ3) is 4.73. The molecule has 0 amide bonds. The summed E-state index contributed by atoms with van der Waals surface area (Å²) in [6, 6.07) is 17.1. The van der Waals surface area contributed by atoms with Crippen molar-refractivity contribution in [3.63, 3.8) is 0 Å². The summed E-state index contributed by atoms with van der Waals surface area (Å²) in [5, 5.41) is 0. The molecule has 2 atom stereocenters. The summed E-state index contributed by atoms with van der Waals surface area (Å²) >= 11 is 0. The van der Waals surface area contributed by atoms with Crippen molar-refractivity contribution >= 4 is 24.8 Å². The van der Waals surface area contributed by atoms with E-state index in [4.69, 9.17) is 10.2 Å². The highest BCUT2D eigenvalue weighted by atomic mass is 35.5. The number of nitrogens with zero attached hydrogens (tertiary/aromatic N) is 2. The van der Waals surface area contributed by atoms with Gasteiger partial charge in [-0.25, -0.2) is 9.37 Å². The van der Waals surface area contributed by atoms with E-state index in [0.717, 1.165) is 13.1 Å². The summed E-state index contributed by atoms with van der Waals surface area (Å²) in [4.78, 5) is 6.65. The standard InChI is InChI=1S/C21H22FN3O.2ClH/c22-19-9-5-4-8-17(19)20-11-24-21(26-20)14-25-12-16(10-23)18(13-25)15-6-2-1-3-7-15;;/h1-9,11,16,18H,10,12-14,23H2;2*1H/t16-,18+;;/m1../s1. The molecule has 1 aliphatic heterocycles. The summed E-state index contributed by atoms with van der Waals surface area (Å²) in [7, 11) is 0. The zero-order valence-corrected chi connectivity index (χ0v) is 17.0. The van der Waals surface area contributed by atoms with Gasteiger partial charge < -0.3 is 10.2 Å². The molecule has 150 valence electrons. The van der Waals surface area contributed by atoms with Gasteiger partial charge in [-0.1, -0.05) is 42.5 Å². The second kappa shape index (κ2) is 10.0. The lowest BCUT2D eigenvalue weighted by molar-refractivity contribution is 0.281. The van der Waals surface area contributed by atoms with E-state index >= 15 is 0 Å². The molecule has 3 aromatic rings. The molecule has 1 aliphatic rings. The highest BCUT2D eigenvalue weighted by Gasteiger charge is 2.33. The molecule has 0 bridgehead atoms. The number of likely N-dealkylation sites (tertiary alicyclic amines) is 1. The smallest absolute Gasteiger partial charge is 0.209 e. The van der Waals surface area contributed by atoms with E-state index in [1.165, 1.54) is 11.6 Å². The molecule has 2 N–H and O–H groups in total. The van der Waals surface area contributed by atoms with Gasteiger partial charge in [0.05, 0.1) is 18.3 Å². The molecule has 1 aromatic heterocycles. The minimum atomic E-state index is -0.302. The SMILES string of the molecule is Cl.Cl.NC[C@@H]1CN(Cc2ncc(-c3ccccc3F)o2)C[C@H]1c1ccccc1. The fraction of sp³-hybridized carbons (Fsp3) is 0.286. The first-order chi connectivity index (χ1) is 12.7. The number of hydrogen-bond acceptors (Lipinski definition) is 4. The molecule has 2 heterocycles. The van der Waals surface area contributed by atoms with Crippen LogP contribution in [0.1, 0.15) is 17.4 Å². The van der Waals surface area contributed by atoms with Crippen molar-refractivity contribution < 1.29 is 8.81 Å². The molecule has 4 rings (SSSR count). The highest BCUT2D eigenvalue weighted by Crippen LogP contribution is 2.33. The van der Waals surface area contributed by atoms with Crippen molar-refractivity contribution in [2.24, 2.45) is 11.7 Å². The minimum absolute atomic E-state index is 0. The Hall–Kier alpha value is -1.92. The largest absolute Gasteiger partial charge is 0.439 e. The van der Waals surface area contributed by atoms with Crippen LogP contribution in [-0.2, 0) is 6.54 Å². The van der Waals surface area contributed by atoms with Gasteiger partial charge >= 0.3 is 0 Å². The lowest BCUT2D eigenvalue weighted by Crippen LogP contribution is -2.23. The third-order valence-corrected chi connectivity index (χ3v) is 5.10. The number of aromatic nitrogens is 1. The zero-order chi connectivity index (χ0) is 17.9. The molecule has 4 nitrogen and oxygen atoms in total. The molecule has 0 radical (unpaired) electrons. The van der Waals surface area contributed by atoms with E-state index in [1.54, 1.807) is 24.4 Å². The van der Waals surface area contributed by atoms with Gasteiger partial charge in [0.1, 0.15) is 5.82 Å². The maximum Gasteiger partial charge on any atom is 0.209 e. The second-order valence-corrected chi connectivity index (χ2v) is 6.81. The van der Waals surface area contributed by atoms with Crippen LogP contribution in [-0.4, -0.2) is 29.5 Å². The van der Waals surface area contributed by atoms with E-state index < -0.39 is 0 Å². The van der Waals surface area contributed by atoms with Crippen molar-refractivity contribution in [2.75, 3.05) is 19.6 Å². The van der Waals surface area contributed by atoms with Crippen LogP contribution in [0.3, 0.4) is 0 Å². The van der Waals surface area contributed by atoms with Crippen LogP contribution < -0.4 is 5.73 Å². The predicted molar refractivity (Wildman–Crippen MR) is 113 cm³/mol. The molecular weight excluding hydrogens is 400 g/mol. The topological polar surface area (TPSA) is 55.3 Å². The molecular formula is C21H24Cl2FN3O. The van der Waals surface area contributed by atoms with Gasteiger partial charge in [0.15, 0.2) is 5.76 Å². The Balaban J connectivity index is 0.00000140. The van der Waals surface area contributed by atoms with Gasteiger partial charge in [-0.15, -0.1) is 24.8 Å². The Labute approximate surface area is 176 Å². The minimum Gasteiger partial charge on any atom is -0.439 e. The number of halogens is 3. The number of rotatable bonds is 5. The third-order valence-electron chi connectivity index (χ3n) is 5.10. The molecule has 0 spiro atoms. The molecule has 2 aromatic carbocycles. The quantitative estimate of drug-likeness (QED) is 0.656. The van der Waals surface area contributed by atoms with Crippen LogP contribution in [0.2, 0.25) is 0 Å². The highest BCUT2D eigenvalue weighted by molar-refractivity contribution is 5.85. The first-order valence-corrected chi connectivity index (χ1v) is 8.91. The normalized spacial score (nSPS) is 19.1. The fourth-order valence-electron chi connectivity index (χ4n) is 3.77. The Kier molecular flexibility index (Phi) is 8.01. The number of oxazole rings is 1. The summed E-state index contributed by atoms with van der Waals surface area (Å²) < 4.78 is 19.7. The number of benzene rings is 2. The fourth-order valence-corrected chi connectivity index (χ4v) is 3.77. The Morgan fingerprint density at radius 1 is 1.04 bits per heavy atom. The first kappa shape index (κ1) is 22.4. The predicted octanol–water partition coefficient (Wildman–Crippen LogP) is 4.50. The van der Waals surface area contributed by atoms with Crippen molar-refractivity contribution in [3.05, 3.63) is 78.1 Å². The lowest BCUT2D eigenvalue weighted by atomic mass is 9.89. The summed E-state index contributed by atoms with van der Waals surface area (Å²) in [5.74, 6) is 1.60. The van der Waals surface area contributed by atoms with Crippen LogP contribution in [0.15, 0.2) is 65.2 Å². The Bertz CT molecular complexity index is 875. The van der Waals surface area contributed by atoms with E-state index in [9.17, 15) is 4.39 Å².